The van der Waals surface area contributed by atoms with Crippen LogP contribution in [0.3, 0.4) is 0 Å². The van der Waals surface area contributed by atoms with Crippen molar-refractivity contribution in [1.29, 1.82) is 0 Å². The van der Waals surface area contributed by atoms with Crippen LogP contribution < -0.4 is 0 Å². The zero-order valence-electron chi connectivity index (χ0n) is 10.1. The smallest absolute Gasteiger partial charge is 0.134 e. The third-order valence-electron chi connectivity index (χ3n) is 3.77. The summed E-state index contributed by atoms with van der Waals surface area (Å²) in [5, 5.41) is 12.4. The van der Waals surface area contributed by atoms with Gasteiger partial charge in [0.15, 0.2) is 0 Å². The third kappa shape index (κ3) is 1.86. The van der Waals surface area contributed by atoms with Crippen LogP contribution in [-0.4, -0.2) is 30.4 Å². The van der Waals surface area contributed by atoms with Crippen LogP contribution in [0.5, 0.6) is 0 Å². The van der Waals surface area contributed by atoms with Gasteiger partial charge >= 0.3 is 0 Å². The summed E-state index contributed by atoms with van der Waals surface area (Å²) in [7, 11) is 1.74. The van der Waals surface area contributed by atoms with E-state index < -0.39 is 0 Å². The number of hydroxylamine groups is 3. The minimum Gasteiger partial charge on any atom is -0.632 e. The molecule has 0 saturated carbocycles. The SMILES string of the molecule is C[C@@H]1CO[C@@H](c2ccccc2)[C@H](C)[N+]1(C)[O-]. The number of quaternary nitrogens is 1. The zero-order chi connectivity index (χ0) is 11.8. The van der Waals surface area contributed by atoms with Crippen molar-refractivity contribution < 1.29 is 9.38 Å². The Bertz CT molecular complexity index is 350. The highest BCUT2D eigenvalue weighted by atomic mass is 16.6. The number of likely N-dealkylation sites (N-methyl/N-ethyl adjacent to an activating group) is 1. The molecule has 1 heterocycles. The molecule has 4 atom stereocenters. The van der Waals surface area contributed by atoms with Crippen molar-refractivity contribution in [2.45, 2.75) is 32.0 Å². The first-order valence-electron chi connectivity index (χ1n) is 5.77. The molecule has 3 heteroatoms. The fraction of sp³-hybridized carbons (Fsp3) is 0.538. The molecule has 88 valence electrons. The summed E-state index contributed by atoms with van der Waals surface area (Å²) < 4.78 is 5.59. The van der Waals surface area contributed by atoms with Gasteiger partial charge in [0, 0.05) is 0 Å². The summed E-state index contributed by atoms with van der Waals surface area (Å²) >= 11 is 0. The maximum Gasteiger partial charge on any atom is 0.134 e. The molecule has 1 aliphatic rings. The van der Waals surface area contributed by atoms with Crippen molar-refractivity contribution in [2.75, 3.05) is 13.7 Å². The standard InChI is InChI=1S/C13H19NO2/c1-10-9-16-13(11(2)14(10,3)15)12-7-5-4-6-8-12/h4-8,10-11,13H,9H2,1-3H3/t10-,11+,13-,14?/m1/s1. The largest absolute Gasteiger partial charge is 0.632 e. The molecule has 2 rings (SSSR count). The number of rotatable bonds is 1. The first kappa shape index (κ1) is 11.6. The van der Waals surface area contributed by atoms with E-state index in [-0.39, 0.29) is 22.8 Å². The van der Waals surface area contributed by atoms with Gasteiger partial charge in [0.25, 0.3) is 0 Å². The van der Waals surface area contributed by atoms with Gasteiger partial charge in [-0.05, 0) is 19.4 Å². The number of benzene rings is 1. The normalized spacial score (nSPS) is 39.6. The van der Waals surface area contributed by atoms with E-state index >= 15 is 0 Å². The molecule has 0 aliphatic carbocycles. The van der Waals surface area contributed by atoms with Crippen LogP contribution in [0.4, 0.5) is 0 Å². The second-order valence-electron chi connectivity index (χ2n) is 4.81. The number of hydrogen-bond acceptors (Lipinski definition) is 2. The van der Waals surface area contributed by atoms with Crippen LogP contribution in [0, 0.1) is 5.21 Å². The first-order chi connectivity index (χ1) is 7.53. The lowest BCUT2D eigenvalue weighted by molar-refractivity contribution is -0.921. The van der Waals surface area contributed by atoms with Crippen LogP contribution >= 0.6 is 0 Å². The highest BCUT2D eigenvalue weighted by Gasteiger charge is 2.39. The number of hydrogen-bond donors (Lipinski definition) is 0. The predicted molar refractivity (Wildman–Crippen MR) is 63.6 cm³/mol. The Hall–Kier alpha value is -0.900. The molecule has 0 amide bonds. The summed E-state index contributed by atoms with van der Waals surface area (Å²) in [5.74, 6) is 0. The minimum absolute atomic E-state index is 0.00922. The average Bonchev–Trinajstić information content (AvgIpc) is 2.28. The molecule has 3 nitrogen and oxygen atoms in total. The Morgan fingerprint density at radius 2 is 1.88 bits per heavy atom. The summed E-state index contributed by atoms with van der Waals surface area (Å²) in [5.41, 5.74) is 1.10. The molecular formula is C13H19NO2. The molecular weight excluding hydrogens is 202 g/mol. The zero-order valence-corrected chi connectivity index (χ0v) is 10.1. The van der Waals surface area contributed by atoms with Crippen LogP contribution in [0.25, 0.3) is 0 Å². The van der Waals surface area contributed by atoms with Crippen LogP contribution in [0.15, 0.2) is 30.3 Å². The van der Waals surface area contributed by atoms with Crippen LogP contribution in [0.2, 0.25) is 0 Å². The van der Waals surface area contributed by atoms with Crippen molar-refractivity contribution in [2.24, 2.45) is 0 Å². The predicted octanol–water partition coefficient (Wildman–Crippen LogP) is 2.48. The van der Waals surface area contributed by atoms with Crippen molar-refractivity contribution >= 4 is 0 Å². The van der Waals surface area contributed by atoms with Gasteiger partial charge < -0.3 is 14.6 Å². The van der Waals surface area contributed by atoms with E-state index in [4.69, 9.17) is 4.74 Å². The summed E-state index contributed by atoms with van der Waals surface area (Å²) in [4.78, 5) is 0. The highest BCUT2D eigenvalue weighted by molar-refractivity contribution is 5.18. The molecule has 1 aromatic rings. The molecule has 1 saturated heterocycles. The molecule has 0 spiro atoms. The first-order valence-corrected chi connectivity index (χ1v) is 5.77. The molecule has 0 aromatic heterocycles. The lowest BCUT2D eigenvalue weighted by Crippen LogP contribution is -2.59. The van der Waals surface area contributed by atoms with Crippen molar-refractivity contribution in [1.82, 2.24) is 0 Å². The van der Waals surface area contributed by atoms with Gasteiger partial charge in [0.05, 0.1) is 13.7 Å². The highest BCUT2D eigenvalue weighted by Crippen LogP contribution is 2.34. The van der Waals surface area contributed by atoms with Gasteiger partial charge in [0.1, 0.15) is 18.2 Å². The van der Waals surface area contributed by atoms with E-state index in [9.17, 15) is 5.21 Å². The maximum atomic E-state index is 12.4. The van der Waals surface area contributed by atoms with E-state index in [0.29, 0.717) is 6.61 Å². The summed E-state index contributed by atoms with van der Waals surface area (Å²) in [6, 6.07) is 9.94. The molecule has 0 bridgehead atoms. The van der Waals surface area contributed by atoms with Gasteiger partial charge in [-0.1, -0.05) is 30.3 Å². The molecule has 0 N–H and O–H groups in total. The van der Waals surface area contributed by atoms with E-state index in [0.717, 1.165) is 5.56 Å². The van der Waals surface area contributed by atoms with Crippen LogP contribution in [0.1, 0.15) is 25.5 Å². The van der Waals surface area contributed by atoms with Crippen molar-refractivity contribution in [3.63, 3.8) is 0 Å². The lowest BCUT2D eigenvalue weighted by Gasteiger charge is -2.54. The quantitative estimate of drug-likeness (QED) is 0.539. The number of nitrogens with zero attached hydrogens (tertiary/aromatic N) is 1. The van der Waals surface area contributed by atoms with E-state index in [1.54, 1.807) is 7.05 Å². The summed E-state index contributed by atoms with van der Waals surface area (Å²) in [6.45, 7) is 4.45. The van der Waals surface area contributed by atoms with E-state index in [1.165, 1.54) is 0 Å². The number of morpholine rings is 1. The van der Waals surface area contributed by atoms with Gasteiger partial charge in [0.2, 0.25) is 0 Å². The van der Waals surface area contributed by atoms with E-state index in [2.05, 4.69) is 0 Å². The van der Waals surface area contributed by atoms with E-state index in [1.807, 2.05) is 44.2 Å². The second-order valence-corrected chi connectivity index (χ2v) is 4.81. The lowest BCUT2D eigenvalue weighted by atomic mass is 9.99. The molecule has 16 heavy (non-hydrogen) atoms. The van der Waals surface area contributed by atoms with Crippen molar-refractivity contribution in [3.05, 3.63) is 41.1 Å². The van der Waals surface area contributed by atoms with Crippen LogP contribution in [-0.2, 0) is 4.74 Å². The Balaban J connectivity index is 2.25. The van der Waals surface area contributed by atoms with Gasteiger partial charge in [-0.3, -0.25) is 0 Å². The fourth-order valence-electron chi connectivity index (χ4n) is 2.22. The third-order valence-corrected chi connectivity index (χ3v) is 3.77. The monoisotopic (exact) mass is 221 g/mol. The fourth-order valence-corrected chi connectivity index (χ4v) is 2.22. The Morgan fingerprint density at radius 1 is 1.25 bits per heavy atom. The topological polar surface area (TPSA) is 32.3 Å². The summed E-state index contributed by atoms with van der Waals surface area (Å²) in [6.07, 6.45) is -0.0834. The molecule has 1 aromatic carbocycles. The molecule has 1 aliphatic heterocycles. The second kappa shape index (κ2) is 4.17. The molecule has 1 fully saturated rings. The Labute approximate surface area is 96.8 Å². The minimum atomic E-state index is -0.223. The Morgan fingerprint density at radius 3 is 2.50 bits per heavy atom. The molecule has 0 radical (unpaired) electrons. The van der Waals surface area contributed by atoms with Crippen molar-refractivity contribution in [3.8, 4) is 0 Å². The average molecular weight is 221 g/mol. The van der Waals surface area contributed by atoms with Gasteiger partial charge in [-0.25, -0.2) is 0 Å². The van der Waals surface area contributed by atoms with Gasteiger partial charge in [-0.2, -0.15) is 0 Å². The Kier molecular flexibility index (Phi) is 3.02. The number of ether oxygens (including phenoxy) is 1. The maximum absolute atomic E-state index is 12.4. The molecule has 1 unspecified atom stereocenters. The van der Waals surface area contributed by atoms with Gasteiger partial charge in [-0.15, -0.1) is 0 Å².